The van der Waals surface area contributed by atoms with Crippen molar-refractivity contribution in [1.29, 1.82) is 0 Å². The summed E-state index contributed by atoms with van der Waals surface area (Å²) in [6.45, 7) is 1.95. The molecule has 1 heterocycles. The molecule has 0 saturated carbocycles. The van der Waals surface area contributed by atoms with E-state index in [1.54, 1.807) is 23.9 Å². The third-order valence-corrected chi connectivity index (χ3v) is 7.12. The van der Waals surface area contributed by atoms with Crippen LogP contribution in [0.1, 0.15) is 24.5 Å². The van der Waals surface area contributed by atoms with E-state index in [9.17, 15) is 9.90 Å². The van der Waals surface area contributed by atoms with E-state index in [1.807, 2.05) is 25.1 Å². The molecule has 0 bridgehead atoms. The molecular weight excluding hydrogens is 424 g/mol. The van der Waals surface area contributed by atoms with Crippen molar-refractivity contribution in [3.8, 4) is 5.75 Å². The van der Waals surface area contributed by atoms with Crippen LogP contribution < -0.4 is 15.6 Å². The van der Waals surface area contributed by atoms with Crippen LogP contribution in [0.15, 0.2) is 68.4 Å². The van der Waals surface area contributed by atoms with Crippen LogP contribution in [0.2, 0.25) is 0 Å². The molecule has 1 amide bonds. The molecule has 0 spiro atoms. The van der Waals surface area contributed by atoms with E-state index in [1.165, 1.54) is 40.8 Å². The summed E-state index contributed by atoms with van der Waals surface area (Å²) in [4.78, 5) is 12.1. The van der Waals surface area contributed by atoms with Gasteiger partial charge in [0.1, 0.15) is 0 Å². The Morgan fingerprint density at radius 2 is 1.93 bits per heavy atom. The maximum absolute atomic E-state index is 12.1. The molecule has 2 N–H and O–H groups in total. The molecule has 9 heteroatoms. The van der Waals surface area contributed by atoms with Gasteiger partial charge in [-0.1, -0.05) is 78.4 Å². The van der Waals surface area contributed by atoms with Crippen molar-refractivity contribution >= 4 is 46.5 Å². The summed E-state index contributed by atoms with van der Waals surface area (Å²) >= 11 is 4.59. The third kappa shape index (κ3) is 6.88. The van der Waals surface area contributed by atoms with Gasteiger partial charge in [0.2, 0.25) is 4.34 Å². The van der Waals surface area contributed by atoms with E-state index in [0.717, 1.165) is 25.7 Å². The summed E-state index contributed by atoms with van der Waals surface area (Å²) in [5, 5.41) is 22.7. The second-order valence-electron chi connectivity index (χ2n) is 5.91. The number of nitrogens with zero attached hydrogens (tertiary/aromatic N) is 2. The Bertz CT molecular complexity index is 959. The number of rotatable bonds is 9. The van der Waals surface area contributed by atoms with Crippen molar-refractivity contribution in [2.45, 2.75) is 27.8 Å². The molecule has 3 aromatic rings. The molecule has 2 aromatic carbocycles. The minimum absolute atomic E-state index is 0.0498. The number of carbonyl (C=O) groups is 1. The molecule has 3 rings (SSSR count). The molecule has 150 valence electrons. The fourth-order valence-electron chi connectivity index (χ4n) is 2.35. The van der Waals surface area contributed by atoms with Crippen molar-refractivity contribution < 1.29 is 15.0 Å². The van der Waals surface area contributed by atoms with Gasteiger partial charge in [-0.3, -0.25) is 4.79 Å². The van der Waals surface area contributed by atoms with Gasteiger partial charge in [-0.15, -0.1) is 5.75 Å². The predicted octanol–water partition coefficient (Wildman–Crippen LogP) is 3.35. The van der Waals surface area contributed by atoms with Crippen molar-refractivity contribution in [3.05, 3.63) is 65.7 Å². The van der Waals surface area contributed by atoms with E-state index < -0.39 is 0 Å². The Labute approximate surface area is 181 Å². The predicted molar refractivity (Wildman–Crippen MR) is 116 cm³/mol. The molecule has 0 atom stereocenters. The summed E-state index contributed by atoms with van der Waals surface area (Å²) < 4.78 is 1.81. The van der Waals surface area contributed by atoms with E-state index in [2.05, 4.69) is 32.9 Å². The minimum Gasteiger partial charge on any atom is -0.872 e. The van der Waals surface area contributed by atoms with Crippen molar-refractivity contribution in [3.63, 3.8) is 0 Å². The first kappa shape index (κ1) is 21.4. The lowest BCUT2D eigenvalue weighted by molar-refractivity contribution is -0.492. The molecule has 0 aliphatic heterocycles. The largest absolute Gasteiger partial charge is 0.872 e. The van der Waals surface area contributed by atoms with Gasteiger partial charge >= 0.3 is 4.34 Å². The Hall–Kier alpha value is -2.36. The molecule has 0 fully saturated rings. The maximum Gasteiger partial charge on any atom is 0.323 e. The normalized spacial score (nSPS) is 11.4. The van der Waals surface area contributed by atoms with Crippen molar-refractivity contribution in [2.24, 2.45) is 5.10 Å². The number of carbonyl (C=O) groups excluding carboxylic acids is 1. The van der Waals surface area contributed by atoms with Gasteiger partial charge in [0.25, 0.3) is 5.91 Å². The fraction of sp³-hybridized carbons (Fsp3) is 0.200. The molecule has 0 unspecified atom stereocenters. The second kappa shape index (κ2) is 11.0. The molecule has 1 aromatic heterocycles. The third-order valence-electron chi connectivity index (χ3n) is 3.80. The molecule has 0 aliphatic carbocycles. The quantitative estimate of drug-likeness (QED) is 0.310. The number of H-pyrrole nitrogens is 1. The van der Waals surface area contributed by atoms with Crippen molar-refractivity contribution in [1.82, 2.24) is 10.5 Å². The van der Waals surface area contributed by atoms with E-state index in [4.69, 9.17) is 0 Å². The van der Waals surface area contributed by atoms with Crippen LogP contribution in [-0.2, 0) is 10.5 Å². The molecule has 0 saturated heterocycles. The van der Waals surface area contributed by atoms with E-state index >= 15 is 0 Å². The Balaban J connectivity index is 1.46. The lowest BCUT2D eigenvalue weighted by Gasteiger charge is -2.08. The lowest BCUT2D eigenvalue weighted by Crippen LogP contribution is -2.21. The highest BCUT2D eigenvalue weighted by atomic mass is 32.2. The number of aromatic amines is 1. The molecule has 6 nitrogen and oxygen atoms in total. The summed E-state index contributed by atoms with van der Waals surface area (Å²) in [6, 6.07) is 16.6. The number of thioether (sulfide) groups is 2. The van der Waals surface area contributed by atoms with Crippen LogP contribution in [0.3, 0.4) is 0 Å². The number of hydrogen-bond acceptors (Lipinski definition) is 7. The first-order chi connectivity index (χ1) is 14.1. The van der Waals surface area contributed by atoms with Gasteiger partial charge in [0.05, 0.1) is 11.5 Å². The number of amides is 1. The summed E-state index contributed by atoms with van der Waals surface area (Å²) in [5.74, 6) is 0.845. The highest BCUT2D eigenvalue weighted by Crippen LogP contribution is 2.28. The Morgan fingerprint density at radius 1 is 1.17 bits per heavy atom. The average molecular weight is 445 g/mol. The summed E-state index contributed by atoms with van der Waals surface area (Å²) in [6.07, 6.45) is 0.648. The van der Waals surface area contributed by atoms with E-state index in [-0.39, 0.29) is 17.4 Å². The second-order valence-corrected chi connectivity index (χ2v) is 9.38. The molecule has 0 aliphatic rings. The van der Waals surface area contributed by atoms with Crippen LogP contribution in [-0.4, -0.2) is 22.5 Å². The summed E-state index contributed by atoms with van der Waals surface area (Å²) in [5.41, 5.74) is 5.39. The topological polar surface area (TPSA) is 91.6 Å². The highest BCUT2D eigenvalue weighted by Gasteiger charge is 2.14. The van der Waals surface area contributed by atoms with Gasteiger partial charge in [-0.2, -0.15) is 5.10 Å². The highest BCUT2D eigenvalue weighted by molar-refractivity contribution is 8.03. The van der Waals surface area contributed by atoms with Gasteiger partial charge in [-0.25, -0.2) is 5.43 Å². The number of aromatic nitrogens is 2. The maximum atomic E-state index is 12.1. The first-order valence-electron chi connectivity index (χ1n) is 8.95. The first-order valence-corrected chi connectivity index (χ1v) is 11.7. The minimum atomic E-state index is -0.199. The number of benzene rings is 2. The van der Waals surface area contributed by atoms with Gasteiger partial charge in [0.15, 0.2) is 0 Å². The lowest BCUT2D eigenvalue weighted by atomic mass is 10.1. The number of hydrogen-bond donors (Lipinski definition) is 1. The zero-order chi connectivity index (χ0) is 20.5. The zero-order valence-corrected chi connectivity index (χ0v) is 18.2. The van der Waals surface area contributed by atoms with E-state index in [0.29, 0.717) is 6.42 Å². The zero-order valence-electron chi connectivity index (χ0n) is 15.8. The fourth-order valence-corrected chi connectivity index (χ4v) is 5.19. The van der Waals surface area contributed by atoms with Gasteiger partial charge in [0, 0.05) is 10.9 Å². The summed E-state index contributed by atoms with van der Waals surface area (Å²) in [7, 11) is 0. The Kier molecular flexibility index (Phi) is 8.09. The number of nitrogens with one attached hydrogen (secondary N) is 2. The Morgan fingerprint density at radius 3 is 2.66 bits per heavy atom. The standard InChI is InChI=1S/C20H20N4O2S3/c1-2-17(15-8-10-16(25)11-9-15)21-22-18(26)13-28-20-24-23-19(29-20)27-12-14-6-4-3-5-7-14/h3-11,25H,2,12-13H2,1H3,(H,22,26). The number of hydrazone groups is 1. The average Bonchev–Trinajstić information content (AvgIpc) is 3.21. The van der Waals surface area contributed by atoms with Crippen LogP contribution in [0.5, 0.6) is 5.75 Å². The smallest absolute Gasteiger partial charge is 0.323 e. The van der Waals surface area contributed by atoms with Crippen LogP contribution in [0.4, 0.5) is 0 Å². The van der Waals surface area contributed by atoms with Gasteiger partial charge in [-0.05, 0) is 40.6 Å². The SMILES string of the molecule is CCC(=NNC(=O)CSc1n[nH+]c(SCc2ccccc2)s1)c1ccc([O-])cc1. The van der Waals surface area contributed by atoms with Crippen molar-refractivity contribution in [2.75, 3.05) is 5.75 Å². The molecule has 29 heavy (non-hydrogen) atoms. The molecular formula is C20H20N4O2S3. The van der Waals surface area contributed by atoms with Crippen LogP contribution in [0.25, 0.3) is 0 Å². The molecule has 0 radical (unpaired) electrons. The van der Waals surface area contributed by atoms with Crippen LogP contribution in [0, 0.1) is 0 Å². The monoisotopic (exact) mass is 444 g/mol. The van der Waals surface area contributed by atoms with Gasteiger partial charge < -0.3 is 5.11 Å². The van der Waals surface area contributed by atoms with Crippen LogP contribution >= 0.6 is 34.9 Å².